The van der Waals surface area contributed by atoms with Crippen LogP contribution < -0.4 is 9.47 Å². The molecule has 1 heterocycles. The van der Waals surface area contributed by atoms with Crippen LogP contribution in [0.5, 0.6) is 11.5 Å². The van der Waals surface area contributed by atoms with E-state index in [0.29, 0.717) is 16.5 Å². The van der Waals surface area contributed by atoms with Crippen LogP contribution in [0.25, 0.3) is 11.3 Å². The zero-order chi connectivity index (χ0) is 11.5. The number of benzene rings is 1. The Labute approximate surface area is 98.2 Å². The SMILES string of the molecule is COc1cc(Cl)cc(-c2cnc[nH]2)c1OC. The third kappa shape index (κ3) is 1.84. The van der Waals surface area contributed by atoms with Crippen molar-refractivity contribution in [2.45, 2.75) is 0 Å². The van der Waals surface area contributed by atoms with Crippen molar-refractivity contribution in [3.8, 4) is 22.8 Å². The minimum atomic E-state index is 0.585. The van der Waals surface area contributed by atoms with Crippen molar-refractivity contribution in [3.63, 3.8) is 0 Å². The van der Waals surface area contributed by atoms with E-state index >= 15 is 0 Å². The van der Waals surface area contributed by atoms with Crippen LogP contribution in [-0.4, -0.2) is 24.2 Å². The molecular weight excluding hydrogens is 228 g/mol. The number of aromatic amines is 1. The van der Waals surface area contributed by atoms with Gasteiger partial charge in [0.05, 0.1) is 32.4 Å². The fraction of sp³-hybridized carbons (Fsp3) is 0.182. The summed E-state index contributed by atoms with van der Waals surface area (Å²) < 4.78 is 10.5. The quantitative estimate of drug-likeness (QED) is 0.895. The van der Waals surface area contributed by atoms with Gasteiger partial charge in [-0.25, -0.2) is 4.98 Å². The first kappa shape index (κ1) is 10.8. The minimum Gasteiger partial charge on any atom is -0.493 e. The van der Waals surface area contributed by atoms with Gasteiger partial charge in [0, 0.05) is 16.7 Å². The van der Waals surface area contributed by atoms with Gasteiger partial charge in [-0.3, -0.25) is 0 Å². The Kier molecular flexibility index (Phi) is 3.01. The van der Waals surface area contributed by atoms with Crippen molar-refractivity contribution in [2.75, 3.05) is 14.2 Å². The maximum absolute atomic E-state index is 6.00. The molecule has 0 aliphatic heterocycles. The second kappa shape index (κ2) is 4.45. The summed E-state index contributed by atoms with van der Waals surface area (Å²) in [5.74, 6) is 1.23. The molecule has 5 heteroatoms. The normalized spacial score (nSPS) is 10.2. The lowest BCUT2D eigenvalue weighted by Gasteiger charge is -2.12. The average Bonchev–Trinajstić information content (AvgIpc) is 2.81. The van der Waals surface area contributed by atoms with Crippen LogP contribution in [0.1, 0.15) is 0 Å². The van der Waals surface area contributed by atoms with E-state index in [2.05, 4.69) is 9.97 Å². The third-order valence-electron chi connectivity index (χ3n) is 2.23. The maximum Gasteiger partial charge on any atom is 0.170 e. The molecule has 0 saturated carbocycles. The molecule has 16 heavy (non-hydrogen) atoms. The first-order chi connectivity index (χ1) is 7.76. The van der Waals surface area contributed by atoms with Crippen LogP contribution in [0.4, 0.5) is 0 Å². The van der Waals surface area contributed by atoms with E-state index in [9.17, 15) is 0 Å². The topological polar surface area (TPSA) is 47.1 Å². The van der Waals surface area contributed by atoms with Gasteiger partial charge in [0.2, 0.25) is 0 Å². The number of aromatic nitrogens is 2. The van der Waals surface area contributed by atoms with E-state index in [4.69, 9.17) is 21.1 Å². The molecule has 0 unspecified atom stereocenters. The molecule has 0 spiro atoms. The zero-order valence-electron chi connectivity index (χ0n) is 8.95. The lowest BCUT2D eigenvalue weighted by molar-refractivity contribution is 0.356. The Morgan fingerprint density at radius 1 is 1.25 bits per heavy atom. The van der Waals surface area contributed by atoms with E-state index in [0.717, 1.165) is 11.3 Å². The fourth-order valence-electron chi connectivity index (χ4n) is 1.53. The molecule has 0 aliphatic carbocycles. The summed E-state index contributed by atoms with van der Waals surface area (Å²) >= 11 is 6.00. The average molecular weight is 239 g/mol. The smallest absolute Gasteiger partial charge is 0.170 e. The highest BCUT2D eigenvalue weighted by atomic mass is 35.5. The van der Waals surface area contributed by atoms with Crippen LogP contribution in [0.2, 0.25) is 5.02 Å². The third-order valence-corrected chi connectivity index (χ3v) is 2.45. The molecule has 2 aromatic rings. The van der Waals surface area contributed by atoms with Gasteiger partial charge in [-0.05, 0) is 6.07 Å². The highest BCUT2D eigenvalue weighted by molar-refractivity contribution is 6.31. The number of hydrogen-bond acceptors (Lipinski definition) is 3. The largest absolute Gasteiger partial charge is 0.493 e. The van der Waals surface area contributed by atoms with Crippen LogP contribution in [0.3, 0.4) is 0 Å². The number of nitrogens with one attached hydrogen (secondary N) is 1. The van der Waals surface area contributed by atoms with Gasteiger partial charge in [-0.15, -0.1) is 0 Å². The Morgan fingerprint density at radius 2 is 2.06 bits per heavy atom. The predicted octanol–water partition coefficient (Wildman–Crippen LogP) is 2.75. The lowest BCUT2D eigenvalue weighted by atomic mass is 10.1. The van der Waals surface area contributed by atoms with Gasteiger partial charge in [0.1, 0.15) is 0 Å². The fourth-order valence-corrected chi connectivity index (χ4v) is 1.74. The highest BCUT2D eigenvalue weighted by Crippen LogP contribution is 2.39. The van der Waals surface area contributed by atoms with E-state index in [1.807, 2.05) is 0 Å². The highest BCUT2D eigenvalue weighted by Gasteiger charge is 2.14. The Hall–Kier alpha value is -1.68. The standard InChI is InChI=1S/C11H11ClN2O2/c1-15-10-4-7(12)3-8(11(10)16-2)9-5-13-6-14-9/h3-6H,1-2H3,(H,13,14). The number of nitrogens with zero attached hydrogens (tertiary/aromatic N) is 1. The van der Waals surface area contributed by atoms with E-state index in [1.165, 1.54) is 0 Å². The molecule has 0 fully saturated rings. The lowest BCUT2D eigenvalue weighted by Crippen LogP contribution is -1.93. The predicted molar refractivity (Wildman–Crippen MR) is 62.1 cm³/mol. The molecule has 1 aromatic heterocycles. The van der Waals surface area contributed by atoms with Crippen LogP contribution in [0, 0.1) is 0 Å². The molecule has 4 nitrogen and oxygen atoms in total. The number of rotatable bonds is 3. The monoisotopic (exact) mass is 238 g/mol. The van der Waals surface area contributed by atoms with Gasteiger partial charge in [0.25, 0.3) is 0 Å². The molecular formula is C11H11ClN2O2. The van der Waals surface area contributed by atoms with Gasteiger partial charge < -0.3 is 14.5 Å². The van der Waals surface area contributed by atoms with E-state index in [-0.39, 0.29) is 0 Å². The van der Waals surface area contributed by atoms with Gasteiger partial charge in [-0.2, -0.15) is 0 Å². The number of hydrogen-bond donors (Lipinski definition) is 1. The minimum absolute atomic E-state index is 0.585. The second-order valence-corrected chi connectivity index (χ2v) is 3.59. The zero-order valence-corrected chi connectivity index (χ0v) is 9.71. The number of H-pyrrole nitrogens is 1. The van der Waals surface area contributed by atoms with Gasteiger partial charge >= 0.3 is 0 Å². The summed E-state index contributed by atoms with van der Waals surface area (Å²) in [5.41, 5.74) is 1.65. The van der Waals surface area contributed by atoms with E-state index < -0.39 is 0 Å². The maximum atomic E-state index is 6.00. The van der Waals surface area contributed by atoms with Crippen molar-refractivity contribution in [2.24, 2.45) is 0 Å². The summed E-state index contributed by atoms with van der Waals surface area (Å²) in [6.07, 6.45) is 3.30. The number of halogens is 1. The van der Waals surface area contributed by atoms with Crippen molar-refractivity contribution in [3.05, 3.63) is 29.7 Å². The Balaban J connectivity index is 2.63. The van der Waals surface area contributed by atoms with Crippen LogP contribution >= 0.6 is 11.6 Å². The molecule has 0 atom stereocenters. The molecule has 1 aromatic carbocycles. The first-order valence-electron chi connectivity index (χ1n) is 4.66. The number of ether oxygens (including phenoxy) is 2. The summed E-state index contributed by atoms with van der Waals surface area (Å²) in [7, 11) is 3.16. The van der Waals surface area contributed by atoms with Crippen molar-refractivity contribution < 1.29 is 9.47 Å². The van der Waals surface area contributed by atoms with Crippen molar-refractivity contribution in [1.29, 1.82) is 0 Å². The Bertz CT molecular complexity index is 483. The summed E-state index contributed by atoms with van der Waals surface area (Å²) in [4.78, 5) is 6.97. The number of methoxy groups -OCH3 is 2. The van der Waals surface area contributed by atoms with E-state index in [1.54, 1.807) is 38.9 Å². The molecule has 84 valence electrons. The van der Waals surface area contributed by atoms with Crippen molar-refractivity contribution >= 4 is 11.6 Å². The molecule has 0 saturated heterocycles. The van der Waals surface area contributed by atoms with Crippen LogP contribution in [0.15, 0.2) is 24.7 Å². The summed E-state index contributed by atoms with van der Waals surface area (Å²) in [6, 6.07) is 3.51. The second-order valence-electron chi connectivity index (χ2n) is 3.15. The van der Waals surface area contributed by atoms with Gasteiger partial charge in [-0.1, -0.05) is 11.6 Å². The first-order valence-corrected chi connectivity index (χ1v) is 5.04. The molecule has 0 aliphatic rings. The summed E-state index contributed by atoms with van der Waals surface area (Å²) in [6.45, 7) is 0. The van der Waals surface area contributed by atoms with Crippen molar-refractivity contribution in [1.82, 2.24) is 9.97 Å². The summed E-state index contributed by atoms with van der Waals surface area (Å²) in [5, 5.41) is 0.585. The van der Waals surface area contributed by atoms with Gasteiger partial charge in [0.15, 0.2) is 11.5 Å². The molecule has 0 radical (unpaired) electrons. The molecule has 0 bridgehead atoms. The Morgan fingerprint density at radius 3 is 2.62 bits per heavy atom. The molecule has 2 rings (SSSR count). The number of imidazole rings is 1. The molecule has 1 N–H and O–H groups in total. The van der Waals surface area contributed by atoms with Crippen LogP contribution in [-0.2, 0) is 0 Å². The molecule has 0 amide bonds.